The van der Waals surface area contributed by atoms with Gasteiger partial charge in [-0.15, -0.1) is 0 Å². The third kappa shape index (κ3) is 3.84. The second-order valence-corrected chi connectivity index (χ2v) is 5.31. The zero-order valence-electron chi connectivity index (χ0n) is 10.1. The molecular weight excluding hydrogens is 223 g/mol. The van der Waals surface area contributed by atoms with E-state index in [2.05, 4.69) is 10.2 Å². The number of halogens is 1. The van der Waals surface area contributed by atoms with Gasteiger partial charge in [-0.25, -0.2) is 9.18 Å². The first kappa shape index (κ1) is 12.6. The number of alkyl halides is 1. The van der Waals surface area contributed by atoms with Crippen molar-refractivity contribution in [1.82, 2.24) is 10.2 Å². The molecule has 98 valence electrons. The highest BCUT2D eigenvalue weighted by molar-refractivity contribution is 5.64. The molecule has 1 amide bonds. The van der Waals surface area contributed by atoms with Gasteiger partial charge in [0.1, 0.15) is 6.17 Å². The number of rotatable bonds is 3. The minimum absolute atomic E-state index is 0.122. The van der Waals surface area contributed by atoms with E-state index >= 15 is 0 Å². The van der Waals surface area contributed by atoms with Gasteiger partial charge in [-0.1, -0.05) is 0 Å². The number of carboxylic acid groups (broad SMARTS) is 1. The van der Waals surface area contributed by atoms with Crippen LogP contribution in [0.25, 0.3) is 0 Å². The first-order chi connectivity index (χ1) is 8.13. The Morgan fingerprint density at radius 2 is 2.00 bits per heavy atom. The summed E-state index contributed by atoms with van der Waals surface area (Å²) in [5, 5.41) is 11.2. The van der Waals surface area contributed by atoms with Gasteiger partial charge in [-0.05, 0) is 38.0 Å². The van der Waals surface area contributed by atoms with Crippen molar-refractivity contribution in [1.29, 1.82) is 0 Å². The quantitative estimate of drug-likeness (QED) is 0.796. The van der Waals surface area contributed by atoms with Crippen LogP contribution in [0.1, 0.15) is 32.1 Å². The van der Waals surface area contributed by atoms with Crippen LogP contribution in [0.3, 0.4) is 0 Å². The predicted molar refractivity (Wildman–Crippen MR) is 62.9 cm³/mol. The third-order valence-corrected chi connectivity index (χ3v) is 3.91. The fourth-order valence-electron chi connectivity index (χ4n) is 2.98. The molecule has 2 rings (SSSR count). The molecule has 1 aliphatic carbocycles. The zero-order chi connectivity index (χ0) is 12.3. The Bertz CT molecular complexity index is 267. The van der Waals surface area contributed by atoms with Gasteiger partial charge in [0.05, 0.1) is 0 Å². The Morgan fingerprint density at radius 3 is 2.53 bits per heavy atom. The van der Waals surface area contributed by atoms with Gasteiger partial charge in [-0.2, -0.15) is 0 Å². The molecular formula is C12H21FN2O2. The minimum Gasteiger partial charge on any atom is -0.465 e. The SMILES string of the molecule is O=C(O)NC1CCC(CN2CC[C@@H](F)C2)CC1. The van der Waals surface area contributed by atoms with E-state index in [-0.39, 0.29) is 6.04 Å². The lowest BCUT2D eigenvalue weighted by Gasteiger charge is -2.30. The number of hydrogen-bond donors (Lipinski definition) is 2. The summed E-state index contributed by atoms with van der Waals surface area (Å²) >= 11 is 0. The van der Waals surface area contributed by atoms with Crippen LogP contribution in [0, 0.1) is 5.92 Å². The Kier molecular flexibility index (Phi) is 4.20. The fourth-order valence-corrected chi connectivity index (χ4v) is 2.98. The molecule has 17 heavy (non-hydrogen) atoms. The van der Waals surface area contributed by atoms with Gasteiger partial charge in [0, 0.05) is 25.7 Å². The van der Waals surface area contributed by atoms with Gasteiger partial charge >= 0.3 is 6.09 Å². The smallest absolute Gasteiger partial charge is 0.404 e. The maximum absolute atomic E-state index is 13.0. The summed E-state index contributed by atoms with van der Waals surface area (Å²) in [5.74, 6) is 0.618. The molecule has 0 aromatic carbocycles. The second kappa shape index (κ2) is 5.67. The van der Waals surface area contributed by atoms with Crippen LogP contribution in [-0.4, -0.2) is 47.9 Å². The maximum atomic E-state index is 13.0. The molecule has 5 heteroatoms. The van der Waals surface area contributed by atoms with Crippen LogP contribution in [0.4, 0.5) is 9.18 Å². The average Bonchev–Trinajstić information content (AvgIpc) is 2.66. The van der Waals surface area contributed by atoms with Crippen molar-refractivity contribution < 1.29 is 14.3 Å². The van der Waals surface area contributed by atoms with E-state index in [0.29, 0.717) is 18.9 Å². The molecule has 1 saturated carbocycles. The predicted octanol–water partition coefficient (Wildman–Crippen LogP) is 1.86. The summed E-state index contributed by atoms with van der Waals surface area (Å²) in [6.45, 7) is 2.46. The zero-order valence-corrected chi connectivity index (χ0v) is 10.1. The van der Waals surface area contributed by atoms with Crippen molar-refractivity contribution in [2.75, 3.05) is 19.6 Å². The lowest BCUT2D eigenvalue weighted by molar-refractivity contribution is 0.174. The Hall–Kier alpha value is -0.840. The summed E-state index contributed by atoms with van der Waals surface area (Å²) < 4.78 is 13.0. The highest BCUT2D eigenvalue weighted by Crippen LogP contribution is 2.26. The van der Waals surface area contributed by atoms with Crippen LogP contribution in [0.15, 0.2) is 0 Å². The molecule has 0 bridgehead atoms. The summed E-state index contributed by atoms with van der Waals surface area (Å²) in [6, 6.07) is 0.122. The van der Waals surface area contributed by atoms with E-state index in [9.17, 15) is 9.18 Å². The topological polar surface area (TPSA) is 52.6 Å². The number of carbonyl (C=O) groups is 1. The Morgan fingerprint density at radius 1 is 1.29 bits per heavy atom. The maximum Gasteiger partial charge on any atom is 0.404 e. The Balaban J connectivity index is 1.67. The first-order valence-electron chi connectivity index (χ1n) is 6.49. The van der Waals surface area contributed by atoms with Gasteiger partial charge < -0.3 is 15.3 Å². The molecule has 1 aliphatic heterocycles. The van der Waals surface area contributed by atoms with Crippen LogP contribution >= 0.6 is 0 Å². The van der Waals surface area contributed by atoms with E-state index in [0.717, 1.165) is 38.8 Å². The second-order valence-electron chi connectivity index (χ2n) is 5.31. The summed E-state index contributed by atoms with van der Waals surface area (Å²) in [7, 11) is 0. The average molecular weight is 244 g/mol. The number of nitrogens with one attached hydrogen (secondary N) is 1. The molecule has 4 nitrogen and oxygen atoms in total. The molecule has 0 radical (unpaired) electrons. The van der Waals surface area contributed by atoms with E-state index in [1.807, 2.05) is 0 Å². The van der Waals surface area contributed by atoms with E-state index in [1.54, 1.807) is 0 Å². The molecule has 0 unspecified atom stereocenters. The molecule has 2 fully saturated rings. The van der Waals surface area contributed by atoms with Gasteiger partial charge in [0.2, 0.25) is 0 Å². The molecule has 0 aromatic heterocycles. The van der Waals surface area contributed by atoms with Gasteiger partial charge in [-0.3, -0.25) is 0 Å². The summed E-state index contributed by atoms with van der Waals surface area (Å²) in [4.78, 5) is 12.7. The van der Waals surface area contributed by atoms with Crippen LogP contribution in [-0.2, 0) is 0 Å². The highest BCUT2D eigenvalue weighted by atomic mass is 19.1. The minimum atomic E-state index is -0.923. The van der Waals surface area contributed by atoms with E-state index < -0.39 is 12.3 Å². The number of hydrogen-bond acceptors (Lipinski definition) is 2. The van der Waals surface area contributed by atoms with Crippen molar-refractivity contribution in [3.8, 4) is 0 Å². The number of nitrogens with zero attached hydrogens (tertiary/aromatic N) is 1. The molecule has 1 saturated heterocycles. The monoisotopic (exact) mass is 244 g/mol. The van der Waals surface area contributed by atoms with Crippen molar-refractivity contribution >= 4 is 6.09 Å². The van der Waals surface area contributed by atoms with Crippen molar-refractivity contribution in [2.24, 2.45) is 5.92 Å². The highest BCUT2D eigenvalue weighted by Gasteiger charge is 2.27. The third-order valence-electron chi connectivity index (χ3n) is 3.91. The molecule has 0 aromatic rings. The summed E-state index contributed by atoms with van der Waals surface area (Å²) in [5.41, 5.74) is 0. The molecule has 1 heterocycles. The Labute approximate surface area is 101 Å². The first-order valence-corrected chi connectivity index (χ1v) is 6.49. The van der Waals surface area contributed by atoms with E-state index in [4.69, 9.17) is 5.11 Å². The lowest BCUT2D eigenvalue weighted by atomic mass is 9.86. The fraction of sp³-hybridized carbons (Fsp3) is 0.917. The van der Waals surface area contributed by atoms with Crippen molar-refractivity contribution in [2.45, 2.75) is 44.3 Å². The largest absolute Gasteiger partial charge is 0.465 e. The molecule has 2 aliphatic rings. The lowest BCUT2D eigenvalue weighted by Crippen LogP contribution is -2.38. The van der Waals surface area contributed by atoms with Crippen LogP contribution in [0.2, 0.25) is 0 Å². The van der Waals surface area contributed by atoms with Gasteiger partial charge in [0.25, 0.3) is 0 Å². The van der Waals surface area contributed by atoms with Crippen molar-refractivity contribution in [3.05, 3.63) is 0 Å². The van der Waals surface area contributed by atoms with E-state index in [1.165, 1.54) is 0 Å². The molecule has 0 spiro atoms. The van der Waals surface area contributed by atoms with Crippen LogP contribution in [0.5, 0.6) is 0 Å². The van der Waals surface area contributed by atoms with Crippen LogP contribution < -0.4 is 5.32 Å². The number of likely N-dealkylation sites (tertiary alicyclic amines) is 1. The normalized spacial score (nSPS) is 34.8. The standard InChI is InChI=1S/C12H21FN2O2/c13-10-5-6-15(8-10)7-9-1-3-11(4-2-9)14-12(16)17/h9-11,14H,1-8H2,(H,16,17)/t9?,10-,11?/m1/s1. The number of amides is 1. The van der Waals surface area contributed by atoms with Crippen molar-refractivity contribution in [3.63, 3.8) is 0 Å². The summed E-state index contributed by atoms with van der Waals surface area (Å²) in [6.07, 6.45) is 3.06. The molecule has 1 atom stereocenters. The molecule has 2 N–H and O–H groups in total. The van der Waals surface area contributed by atoms with Gasteiger partial charge in [0.15, 0.2) is 0 Å².